The summed E-state index contributed by atoms with van der Waals surface area (Å²) in [6, 6.07) is 14.2. The second-order valence-electron chi connectivity index (χ2n) is 6.49. The van der Waals surface area contributed by atoms with Gasteiger partial charge in [-0.15, -0.1) is 0 Å². The molecule has 0 N–H and O–H groups in total. The molecule has 0 spiro atoms. The molecule has 4 aromatic rings. The van der Waals surface area contributed by atoms with E-state index in [0.29, 0.717) is 22.7 Å². The molecular formula is C21H8Cl4N2O3. The number of oxazole rings is 1. The number of benzene rings is 3. The molecule has 2 amide bonds. The maximum Gasteiger partial charge on any atom is 0.267 e. The summed E-state index contributed by atoms with van der Waals surface area (Å²) in [6.07, 6.45) is 0. The van der Waals surface area contributed by atoms with Crippen molar-refractivity contribution < 1.29 is 14.0 Å². The number of fused-ring (bicyclic) bond motifs is 2. The second-order valence-corrected chi connectivity index (χ2v) is 8.00. The highest BCUT2D eigenvalue weighted by Gasteiger charge is 2.42. The average Bonchev–Trinajstić information content (AvgIpc) is 3.29. The lowest BCUT2D eigenvalue weighted by Gasteiger charge is -2.13. The van der Waals surface area contributed by atoms with Gasteiger partial charge in [-0.3, -0.25) is 9.59 Å². The van der Waals surface area contributed by atoms with Gasteiger partial charge in [-0.1, -0.05) is 64.6 Å². The summed E-state index contributed by atoms with van der Waals surface area (Å²) in [6.45, 7) is 0. The fourth-order valence-electron chi connectivity index (χ4n) is 3.34. The fraction of sp³-hybridized carbons (Fsp3) is 0. The highest BCUT2D eigenvalue weighted by molar-refractivity contribution is 6.56. The Hall–Kier alpha value is -2.57. The van der Waals surface area contributed by atoms with Crippen LogP contribution in [0.1, 0.15) is 20.7 Å². The molecule has 1 aliphatic rings. The number of hydrogen-bond donors (Lipinski definition) is 0. The van der Waals surface area contributed by atoms with Gasteiger partial charge in [0.15, 0.2) is 5.58 Å². The number of amides is 2. The number of imide groups is 1. The van der Waals surface area contributed by atoms with Gasteiger partial charge in [0, 0.05) is 5.56 Å². The molecule has 9 heteroatoms. The topological polar surface area (TPSA) is 63.4 Å². The Morgan fingerprint density at radius 1 is 0.767 bits per heavy atom. The van der Waals surface area contributed by atoms with Gasteiger partial charge in [0.25, 0.3) is 11.8 Å². The third-order valence-corrected chi connectivity index (χ3v) is 6.55. The molecule has 0 aliphatic carbocycles. The van der Waals surface area contributed by atoms with Crippen LogP contribution >= 0.6 is 46.4 Å². The zero-order valence-corrected chi connectivity index (χ0v) is 17.8. The van der Waals surface area contributed by atoms with Crippen molar-refractivity contribution >= 4 is 75.0 Å². The number of carbonyl (C=O) groups excluding carboxylic acids is 2. The Labute approximate surface area is 189 Å². The molecule has 5 nitrogen and oxygen atoms in total. The molecule has 0 saturated heterocycles. The summed E-state index contributed by atoms with van der Waals surface area (Å²) >= 11 is 24.5. The third-order valence-electron chi connectivity index (χ3n) is 4.75. The van der Waals surface area contributed by atoms with E-state index in [0.717, 1.165) is 10.5 Å². The summed E-state index contributed by atoms with van der Waals surface area (Å²) in [5, 5.41) is -0.388. The van der Waals surface area contributed by atoms with Gasteiger partial charge >= 0.3 is 0 Å². The second kappa shape index (κ2) is 7.00. The van der Waals surface area contributed by atoms with E-state index in [2.05, 4.69) is 4.98 Å². The van der Waals surface area contributed by atoms with Gasteiger partial charge in [0.2, 0.25) is 5.89 Å². The predicted molar refractivity (Wildman–Crippen MR) is 117 cm³/mol. The summed E-state index contributed by atoms with van der Waals surface area (Å²) < 4.78 is 5.78. The molecule has 0 radical (unpaired) electrons. The molecule has 0 bridgehead atoms. The minimum Gasteiger partial charge on any atom is -0.436 e. The first-order valence-corrected chi connectivity index (χ1v) is 10.1. The quantitative estimate of drug-likeness (QED) is 0.179. The first-order chi connectivity index (χ1) is 14.4. The number of rotatable bonds is 2. The average molecular weight is 478 g/mol. The highest BCUT2D eigenvalue weighted by atomic mass is 35.5. The van der Waals surface area contributed by atoms with Crippen LogP contribution in [-0.4, -0.2) is 16.8 Å². The lowest BCUT2D eigenvalue weighted by atomic mass is 10.1. The molecule has 30 heavy (non-hydrogen) atoms. The van der Waals surface area contributed by atoms with Crippen molar-refractivity contribution in [2.75, 3.05) is 4.90 Å². The minimum atomic E-state index is -0.647. The molecule has 0 atom stereocenters. The van der Waals surface area contributed by atoms with Crippen LogP contribution in [0.4, 0.5) is 5.69 Å². The first-order valence-electron chi connectivity index (χ1n) is 8.59. The van der Waals surface area contributed by atoms with Gasteiger partial charge in [-0.2, -0.15) is 0 Å². The van der Waals surface area contributed by atoms with Crippen LogP contribution < -0.4 is 4.90 Å². The van der Waals surface area contributed by atoms with Gasteiger partial charge in [0.1, 0.15) is 5.52 Å². The lowest BCUT2D eigenvalue weighted by molar-refractivity contribution is 0.0926. The molecular weight excluding hydrogens is 470 g/mol. The van der Waals surface area contributed by atoms with Crippen molar-refractivity contribution in [1.82, 2.24) is 4.98 Å². The van der Waals surface area contributed by atoms with E-state index in [1.165, 1.54) is 0 Å². The SMILES string of the molecule is O=C1c2c(Cl)c(Cl)c(Cl)c(Cl)c2C(=O)N1c1ccc2oc(-c3ccccc3)nc2c1. The molecule has 0 fully saturated rings. The number of carbonyl (C=O) groups is 2. The fourth-order valence-corrected chi connectivity index (χ4v) is 4.36. The van der Waals surface area contributed by atoms with Crippen molar-refractivity contribution in [3.63, 3.8) is 0 Å². The largest absolute Gasteiger partial charge is 0.436 e. The van der Waals surface area contributed by atoms with E-state index in [4.69, 9.17) is 50.8 Å². The monoisotopic (exact) mass is 476 g/mol. The zero-order chi connectivity index (χ0) is 21.2. The van der Waals surface area contributed by atoms with Gasteiger partial charge in [-0.05, 0) is 30.3 Å². The normalized spacial score (nSPS) is 13.4. The predicted octanol–water partition coefficient (Wildman–Crippen LogP) is 6.91. The van der Waals surface area contributed by atoms with Crippen LogP contribution in [0, 0.1) is 0 Å². The Bertz CT molecular complexity index is 1340. The summed E-state index contributed by atoms with van der Waals surface area (Å²) in [5.74, 6) is -0.868. The van der Waals surface area contributed by atoms with Crippen LogP contribution in [0.5, 0.6) is 0 Å². The van der Waals surface area contributed by atoms with Crippen LogP contribution in [0.2, 0.25) is 20.1 Å². The van der Waals surface area contributed by atoms with Gasteiger partial charge < -0.3 is 4.42 Å². The number of nitrogens with zero attached hydrogens (tertiary/aromatic N) is 2. The van der Waals surface area contributed by atoms with Gasteiger partial charge in [0.05, 0.1) is 36.9 Å². The Morgan fingerprint density at radius 3 is 1.97 bits per heavy atom. The van der Waals surface area contributed by atoms with Crippen molar-refractivity contribution in [2.24, 2.45) is 0 Å². The van der Waals surface area contributed by atoms with Crippen molar-refractivity contribution in [1.29, 1.82) is 0 Å². The highest BCUT2D eigenvalue weighted by Crippen LogP contribution is 2.45. The number of aromatic nitrogens is 1. The third kappa shape index (κ3) is 2.74. The maximum atomic E-state index is 13.0. The molecule has 1 aliphatic heterocycles. The van der Waals surface area contributed by atoms with E-state index in [1.807, 2.05) is 30.3 Å². The Balaban J connectivity index is 1.62. The zero-order valence-electron chi connectivity index (χ0n) is 14.7. The Kier molecular flexibility index (Phi) is 4.52. The van der Waals surface area contributed by atoms with Crippen molar-refractivity contribution in [2.45, 2.75) is 0 Å². The van der Waals surface area contributed by atoms with E-state index in [1.54, 1.807) is 18.2 Å². The first kappa shape index (κ1) is 19.4. The summed E-state index contributed by atoms with van der Waals surface area (Å²) in [7, 11) is 0. The van der Waals surface area contributed by atoms with E-state index in [-0.39, 0.29) is 31.2 Å². The standard InChI is InChI=1S/C21H8Cl4N2O3/c22-15-13-14(16(23)18(25)17(15)24)21(29)27(20(13)28)10-6-7-12-11(8-10)26-19(30-12)9-4-2-1-3-5-9/h1-8H. The van der Waals surface area contributed by atoms with Crippen LogP contribution in [0.3, 0.4) is 0 Å². The minimum absolute atomic E-state index is 0.0775. The number of anilines is 1. The van der Waals surface area contributed by atoms with E-state index >= 15 is 0 Å². The van der Waals surface area contributed by atoms with Crippen molar-refractivity contribution in [3.05, 3.63) is 79.7 Å². The van der Waals surface area contributed by atoms with Crippen LogP contribution in [0.15, 0.2) is 52.9 Å². The van der Waals surface area contributed by atoms with E-state index < -0.39 is 11.8 Å². The molecule has 2 heterocycles. The maximum absolute atomic E-state index is 13.0. The molecule has 148 valence electrons. The van der Waals surface area contributed by atoms with Crippen LogP contribution in [0.25, 0.3) is 22.6 Å². The Morgan fingerprint density at radius 2 is 1.37 bits per heavy atom. The smallest absolute Gasteiger partial charge is 0.267 e. The molecule has 1 aromatic heterocycles. The van der Waals surface area contributed by atoms with Crippen LogP contribution in [-0.2, 0) is 0 Å². The number of hydrogen-bond acceptors (Lipinski definition) is 4. The van der Waals surface area contributed by atoms with Gasteiger partial charge in [-0.25, -0.2) is 9.88 Å². The molecule has 3 aromatic carbocycles. The van der Waals surface area contributed by atoms with E-state index in [9.17, 15) is 9.59 Å². The summed E-state index contributed by atoms with van der Waals surface area (Å²) in [5.41, 5.74) is 1.94. The molecule has 5 rings (SSSR count). The lowest BCUT2D eigenvalue weighted by Crippen LogP contribution is -2.29. The number of halogens is 4. The van der Waals surface area contributed by atoms with Crippen molar-refractivity contribution in [3.8, 4) is 11.5 Å². The molecule has 0 saturated carbocycles. The summed E-state index contributed by atoms with van der Waals surface area (Å²) in [4.78, 5) is 31.5. The molecule has 0 unspecified atom stereocenters.